The van der Waals surface area contributed by atoms with Gasteiger partial charge >= 0.3 is 0 Å². The van der Waals surface area contributed by atoms with Crippen LogP contribution in [0.25, 0.3) is 0 Å². The van der Waals surface area contributed by atoms with E-state index in [-0.39, 0.29) is 24.0 Å². The van der Waals surface area contributed by atoms with E-state index >= 15 is 0 Å². The minimum atomic E-state index is -1.06. The maximum atomic E-state index is 11.0. The Morgan fingerprint density at radius 1 is 1.70 bits per heavy atom. The first kappa shape index (κ1) is 14.2. The van der Waals surface area contributed by atoms with Crippen molar-refractivity contribution < 1.29 is 14.8 Å². The molecule has 1 aliphatic rings. The lowest BCUT2D eigenvalue weighted by Gasteiger charge is -2.26. The number of nitro benzene ring substituents is 1. The number of nitro groups is 1. The first-order valence-corrected chi connectivity index (χ1v) is 6.23. The molecule has 2 N–H and O–H groups in total. The van der Waals surface area contributed by atoms with Crippen molar-refractivity contribution in [3.05, 3.63) is 33.9 Å². The van der Waals surface area contributed by atoms with Crippen molar-refractivity contribution in [1.29, 1.82) is 5.26 Å². The van der Waals surface area contributed by atoms with Crippen LogP contribution < -0.4 is 5.32 Å². The Morgan fingerprint density at radius 3 is 3.00 bits per heavy atom. The fourth-order valence-electron chi connectivity index (χ4n) is 2.16. The van der Waals surface area contributed by atoms with E-state index in [2.05, 4.69) is 5.32 Å². The van der Waals surface area contributed by atoms with E-state index in [4.69, 9.17) is 10.00 Å². The summed E-state index contributed by atoms with van der Waals surface area (Å²) in [5.41, 5.74) is -0.641. The molecule has 0 amide bonds. The highest BCUT2D eigenvalue weighted by Crippen LogP contribution is 2.29. The SMILES string of the molecule is CC1OCCC1(O)CNc1cc(C#N)ccc1[N+](=O)[O-]. The van der Waals surface area contributed by atoms with Crippen molar-refractivity contribution in [2.24, 2.45) is 0 Å². The van der Waals surface area contributed by atoms with Gasteiger partial charge in [0.2, 0.25) is 0 Å². The third-order valence-electron chi connectivity index (χ3n) is 3.57. The van der Waals surface area contributed by atoms with Crippen LogP contribution in [0.2, 0.25) is 0 Å². The topological polar surface area (TPSA) is 108 Å². The molecule has 1 aromatic rings. The molecule has 20 heavy (non-hydrogen) atoms. The third kappa shape index (κ3) is 2.71. The molecule has 0 aliphatic carbocycles. The minimum Gasteiger partial charge on any atom is -0.385 e. The number of hydrogen-bond donors (Lipinski definition) is 2. The quantitative estimate of drug-likeness (QED) is 0.636. The van der Waals surface area contributed by atoms with Gasteiger partial charge in [0, 0.05) is 25.6 Å². The van der Waals surface area contributed by atoms with E-state index in [9.17, 15) is 15.2 Å². The highest BCUT2D eigenvalue weighted by atomic mass is 16.6. The summed E-state index contributed by atoms with van der Waals surface area (Å²) in [6.07, 6.45) is 0.126. The Balaban J connectivity index is 2.20. The van der Waals surface area contributed by atoms with Gasteiger partial charge in [0.1, 0.15) is 11.3 Å². The van der Waals surface area contributed by atoms with Crippen molar-refractivity contribution in [3.8, 4) is 6.07 Å². The van der Waals surface area contributed by atoms with E-state index in [0.29, 0.717) is 18.6 Å². The zero-order valence-electron chi connectivity index (χ0n) is 11.0. The van der Waals surface area contributed by atoms with Crippen molar-refractivity contribution >= 4 is 11.4 Å². The van der Waals surface area contributed by atoms with Gasteiger partial charge in [-0.15, -0.1) is 0 Å². The maximum absolute atomic E-state index is 11.0. The van der Waals surface area contributed by atoms with Gasteiger partial charge in [-0.25, -0.2) is 0 Å². The molecule has 1 heterocycles. The molecule has 0 spiro atoms. The molecule has 0 bridgehead atoms. The summed E-state index contributed by atoms with van der Waals surface area (Å²) in [5.74, 6) is 0. The molecule has 2 unspecified atom stereocenters. The van der Waals surface area contributed by atoms with Gasteiger partial charge in [-0.3, -0.25) is 10.1 Å². The molecule has 1 fully saturated rings. The Kier molecular flexibility index (Phi) is 3.88. The van der Waals surface area contributed by atoms with Crippen molar-refractivity contribution in [3.63, 3.8) is 0 Å². The fraction of sp³-hybridized carbons (Fsp3) is 0.462. The molecule has 1 aromatic carbocycles. The molecule has 0 saturated carbocycles. The summed E-state index contributed by atoms with van der Waals surface area (Å²) in [6.45, 7) is 2.35. The average Bonchev–Trinajstić information content (AvgIpc) is 2.76. The predicted octanol–water partition coefficient (Wildman–Crippen LogP) is 1.42. The predicted molar refractivity (Wildman–Crippen MR) is 71.3 cm³/mol. The van der Waals surface area contributed by atoms with E-state index in [1.807, 2.05) is 6.07 Å². The number of benzene rings is 1. The lowest BCUT2D eigenvalue weighted by molar-refractivity contribution is -0.384. The number of nitrogens with zero attached hydrogens (tertiary/aromatic N) is 2. The molecule has 106 valence electrons. The monoisotopic (exact) mass is 277 g/mol. The Bertz CT molecular complexity index is 569. The number of aliphatic hydroxyl groups is 1. The van der Waals surface area contributed by atoms with E-state index < -0.39 is 10.5 Å². The van der Waals surface area contributed by atoms with Crippen LogP contribution in [0.15, 0.2) is 18.2 Å². The van der Waals surface area contributed by atoms with Crippen molar-refractivity contribution in [2.75, 3.05) is 18.5 Å². The minimum absolute atomic E-state index is 0.126. The summed E-state index contributed by atoms with van der Waals surface area (Å²) < 4.78 is 5.30. The second kappa shape index (κ2) is 5.45. The van der Waals surface area contributed by atoms with E-state index in [0.717, 1.165) is 0 Å². The first-order chi connectivity index (χ1) is 9.46. The molecular formula is C13H15N3O4. The van der Waals surface area contributed by atoms with Gasteiger partial charge in [-0.2, -0.15) is 5.26 Å². The highest BCUT2D eigenvalue weighted by molar-refractivity contribution is 5.64. The van der Waals surface area contributed by atoms with Crippen molar-refractivity contribution in [1.82, 2.24) is 0 Å². The normalized spacial score (nSPS) is 25.1. The molecule has 2 rings (SSSR count). The number of ether oxygens (including phenoxy) is 1. The summed E-state index contributed by atoms with van der Waals surface area (Å²) in [5, 5.41) is 33.0. The molecule has 7 nitrogen and oxygen atoms in total. The molecule has 7 heteroatoms. The smallest absolute Gasteiger partial charge is 0.292 e. The van der Waals surface area contributed by atoms with Crippen LogP contribution in [0.4, 0.5) is 11.4 Å². The summed E-state index contributed by atoms with van der Waals surface area (Å²) in [4.78, 5) is 10.4. The third-order valence-corrected chi connectivity index (χ3v) is 3.57. The number of nitriles is 1. The second-order valence-corrected chi connectivity index (χ2v) is 4.82. The largest absolute Gasteiger partial charge is 0.385 e. The molecule has 2 atom stereocenters. The molecule has 1 saturated heterocycles. The van der Waals surface area contributed by atoms with Gasteiger partial charge in [0.05, 0.1) is 22.7 Å². The summed E-state index contributed by atoms with van der Waals surface area (Å²) in [6, 6.07) is 6.00. The fourth-order valence-corrected chi connectivity index (χ4v) is 2.16. The number of rotatable bonds is 4. The van der Waals surface area contributed by atoms with Gasteiger partial charge in [-0.1, -0.05) is 0 Å². The van der Waals surface area contributed by atoms with Crippen molar-refractivity contribution in [2.45, 2.75) is 25.0 Å². The highest BCUT2D eigenvalue weighted by Gasteiger charge is 2.39. The summed E-state index contributed by atoms with van der Waals surface area (Å²) in [7, 11) is 0. The Morgan fingerprint density at radius 2 is 2.45 bits per heavy atom. The first-order valence-electron chi connectivity index (χ1n) is 6.23. The molecular weight excluding hydrogens is 262 g/mol. The van der Waals surface area contributed by atoms with Crippen LogP contribution in [-0.2, 0) is 4.74 Å². The summed E-state index contributed by atoms with van der Waals surface area (Å²) >= 11 is 0. The average molecular weight is 277 g/mol. The zero-order valence-corrected chi connectivity index (χ0v) is 11.0. The Labute approximate surface area is 115 Å². The second-order valence-electron chi connectivity index (χ2n) is 4.82. The maximum Gasteiger partial charge on any atom is 0.292 e. The zero-order chi connectivity index (χ0) is 14.8. The van der Waals surface area contributed by atoms with Crippen LogP contribution in [-0.4, -0.2) is 34.9 Å². The van der Waals surface area contributed by atoms with Gasteiger partial charge in [-0.05, 0) is 19.1 Å². The van der Waals surface area contributed by atoms with E-state index in [1.54, 1.807) is 6.92 Å². The van der Waals surface area contributed by atoms with Crippen LogP contribution >= 0.6 is 0 Å². The lowest BCUT2D eigenvalue weighted by atomic mass is 9.96. The molecule has 1 aliphatic heterocycles. The standard InChI is InChI=1S/C13H15N3O4/c1-9-13(17,4-5-20-9)8-15-11-6-10(7-14)2-3-12(11)16(18)19/h2-3,6,9,15,17H,4-5,8H2,1H3. The number of hydrogen-bond acceptors (Lipinski definition) is 6. The number of anilines is 1. The van der Waals surface area contributed by atoms with Crippen LogP contribution in [0, 0.1) is 21.4 Å². The van der Waals surface area contributed by atoms with Crippen LogP contribution in [0.3, 0.4) is 0 Å². The lowest BCUT2D eigenvalue weighted by Crippen LogP contribution is -2.43. The van der Waals surface area contributed by atoms with Gasteiger partial charge < -0.3 is 15.2 Å². The molecule has 0 aromatic heterocycles. The molecule has 0 radical (unpaired) electrons. The Hall–Kier alpha value is -2.17. The van der Waals surface area contributed by atoms with Gasteiger partial charge in [0.15, 0.2) is 0 Å². The van der Waals surface area contributed by atoms with Crippen LogP contribution in [0.1, 0.15) is 18.9 Å². The number of nitrogens with one attached hydrogen (secondary N) is 1. The van der Waals surface area contributed by atoms with Crippen LogP contribution in [0.5, 0.6) is 0 Å². The van der Waals surface area contributed by atoms with E-state index in [1.165, 1.54) is 18.2 Å². The van der Waals surface area contributed by atoms with Gasteiger partial charge in [0.25, 0.3) is 5.69 Å².